The van der Waals surface area contributed by atoms with Crippen LogP contribution in [-0.2, 0) is 52.4 Å². The van der Waals surface area contributed by atoms with Crippen LogP contribution in [0.25, 0.3) is 0 Å². The molecule has 0 N–H and O–H groups in total. The third kappa shape index (κ3) is 6.38. The Morgan fingerprint density at radius 1 is 0.962 bits per heavy atom. The number of hydrogen-bond acceptors (Lipinski definition) is 12. The second-order valence-electron chi connectivity index (χ2n) is 16.0. The quantitative estimate of drug-likeness (QED) is 0.120. The zero-order chi connectivity index (χ0) is 38.5. The number of methoxy groups -OCH3 is 1. The molecule has 11 atom stereocenters. The largest absolute Gasteiger partial charge is 0.472 e. The lowest BCUT2D eigenvalue weighted by atomic mass is 9.39. The summed E-state index contributed by atoms with van der Waals surface area (Å²) in [6.45, 7) is 17.6. The molecule has 0 aromatic carbocycles. The number of hydrogen-bond donors (Lipinski definition) is 0. The van der Waals surface area contributed by atoms with Crippen molar-refractivity contribution in [1.29, 1.82) is 0 Å². The van der Waals surface area contributed by atoms with Crippen LogP contribution in [-0.4, -0.2) is 74.1 Å². The Kier molecular flexibility index (Phi) is 10.9. The number of furan rings is 1. The van der Waals surface area contributed by atoms with E-state index in [1.165, 1.54) is 21.0 Å². The minimum Gasteiger partial charge on any atom is -0.472 e. The van der Waals surface area contributed by atoms with E-state index in [0.717, 1.165) is 11.1 Å². The number of ether oxygens (including phenoxy) is 6. The fraction of sp³-hybridized carbons (Fsp3) is 0.675. The molecule has 12 nitrogen and oxygen atoms in total. The molecular formula is C40H54O12. The molecule has 1 saturated heterocycles. The maximum atomic E-state index is 13.8. The topological polar surface area (TPSA) is 154 Å². The molecule has 52 heavy (non-hydrogen) atoms. The van der Waals surface area contributed by atoms with Crippen LogP contribution in [0.2, 0.25) is 0 Å². The summed E-state index contributed by atoms with van der Waals surface area (Å²) in [6, 6.07) is 1.87. The Morgan fingerprint density at radius 3 is 2.19 bits per heavy atom. The average Bonchev–Trinajstić information content (AvgIpc) is 3.81. The van der Waals surface area contributed by atoms with Gasteiger partial charge in [0.05, 0.1) is 38.3 Å². The summed E-state index contributed by atoms with van der Waals surface area (Å²) < 4.78 is 42.7. The summed E-state index contributed by atoms with van der Waals surface area (Å²) in [4.78, 5) is 66.5. The van der Waals surface area contributed by atoms with E-state index in [-0.39, 0.29) is 25.4 Å². The molecule has 0 unspecified atom stereocenters. The first-order valence-electron chi connectivity index (χ1n) is 18.2. The highest BCUT2D eigenvalue weighted by molar-refractivity contribution is 5.87. The van der Waals surface area contributed by atoms with Gasteiger partial charge in [-0.3, -0.25) is 19.2 Å². The van der Waals surface area contributed by atoms with Gasteiger partial charge in [0.1, 0.15) is 24.4 Å². The molecule has 0 bridgehead atoms. The summed E-state index contributed by atoms with van der Waals surface area (Å²) >= 11 is 0. The van der Waals surface area contributed by atoms with Crippen LogP contribution in [0, 0.1) is 34.0 Å². The van der Waals surface area contributed by atoms with Gasteiger partial charge in [0.15, 0.2) is 0 Å². The fourth-order valence-corrected chi connectivity index (χ4v) is 10.3. The minimum absolute atomic E-state index is 0.134. The van der Waals surface area contributed by atoms with Crippen LogP contribution in [0.1, 0.15) is 100.0 Å². The smallest absolute Gasteiger partial charge is 0.333 e. The standard InChI is InChI=1S/C40H54O12/c1-12-21(4)37(45)51-30-17-29(50-24(7)42)38(8)19-48-33-34(38)39(30,9)28(16-31(43)46-11)40(10,35(33)52-36(44)20(2)3)32-22(5)26(25-13-14-47-18-25)15-27(32)49-23(6)41/h12-14,18,20,26-30,33-35H,15-17,19H2,1-11H3/b21-12+/t26-,27+,28-,29-,30+,33-,34-,35-,38-,39+,40-/m1/s1. The molecule has 2 saturated carbocycles. The maximum Gasteiger partial charge on any atom is 0.333 e. The van der Waals surface area contributed by atoms with Crippen LogP contribution in [0.4, 0.5) is 0 Å². The number of allylic oxidation sites excluding steroid dienone is 2. The molecule has 12 heteroatoms. The van der Waals surface area contributed by atoms with Crippen LogP contribution in [0.3, 0.4) is 0 Å². The summed E-state index contributed by atoms with van der Waals surface area (Å²) in [5, 5.41) is 0. The van der Waals surface area contributed by atoms with Gasteiger partial charge in [-0.05, 0) is 50.3 Å². The van der Waals surface area contributed by atoms with E-state index in [1.54, 1.807) is 46.3 Å². The second-order valence-corrected chi connectivity index (χ2v) is 16.0. The zero-order valence-electron chi connectivity index (χ0n) is 32.2. The lowest BCUT2D eigenvalue weighted by Gasteiger charge is -2.66. The molecule has 286 valence electrons. The molecule has 1 aliphatic heterocycles. The Hall–Kier alpha value is -3.93. The Morgan fingerprint density at radius 2 is 1.63 bits per heavy atom. The molecule has 0 radical (unpaired) electrons. The van der Waals surface area contributed by atoms with Crippen molar-refractivity contribution in [2.24, 2.45) is 34.0 Å². The molecule has 3 aliphatic carbocycles. The van der Waals surface area contributed by atoms with Gasteiger partial charge in [0.25, 0.3) is 0 Å². The van der Waals surface area contributed by atoms with E-state index in [0.29, 0.717) is 17.6 Å². The second kappa shape index (κ2) is 14.5. The maximum absolute atomic E-state index is 13.8. The minimum atomic E-state index is -1.25. The molecule has 5 rings (SSSR count). The van der Waals surface area contributed by atoms with E-state index in [4.69, 9.17) is 32.8 Å². The third-order valence-electron chi connectivity index (χ3n) is 12.7. The van der Waals surface area contributed by atoms with Crippen molar-refractivity contribution in [3.63, 3.8) is 0 Å². The summed E-state index contributed by atoms with van der Waals surface area (Å²) in [7, 11) is 1.31. The highest BCUT2D eigenvalue weighted by Gasteiger charge is 2.77. The number of rotatable bonds is 10. The van der Waals surface area contributed by atoms with Crippen molar-refractivity contribution in [2.45, 2.75) is 125 Å². The Labute approximate surface area is 305 Å². The fourth-order valence-electron chi connectivity index (χ4n) is 10.3. The van der Waals surface area contributed by atoms with Crippen LogP contribution < -0.4 is 0 Å². The van der Waals surface area contributed by atoms with Gasteiger partial charge < -0.3 is 32.8 Å². The Bertz CT molecular complexity index is 1640. The Balaban J connectivity index is 1.85. The van der Waals surface area contributed by atoms with E-state index in [9.17, 15) is 24.0 Å². The van der Waals surface area contributed by atoms with Gasteiger partial charge >= 0.3 is 29.8 Å². The molecular weight excluding hydrogens is 672 g/mol. The molecule has 1 aromatic rings. The van der Waals surface area contributed by atoms with Crippen molar-refractivity contribution in [3.8, 4) is 0 Å². The van der Waals surface area contributed by atoms with Gasteiger partial charge in [-0.25, -0.2) is 4.79 Å². The highest BCUT2D eigenvalue weighted by Crippen LogP contribution is 2.72. The molecule has 0 spiro atoms. The monoisotopic (exact) mass is 726 g/mol. The lowest BCUT2D eigenvalue weighted by Crippen LogP contribution is -2.72. The van der Waals surface area contributed by atoms with Gasteiger partial charge in [0, 0.05) is 60.3 Å². The first-order chi connectivity index (χ1) is 24.4. The molecule has 1 aromatic heterocycles. The van der Waals surface area contributed by atoms with Gasteiger partial charge in [0.2, 0.25) is 0 Å². The van der Waals surface area contributed by atoms with Gasteiger partial charge in [-0.1, -0.05) is 46.3 Å². The summed E-state index contributed by atoms with van der Waals surface area (Å²) in [5.41, 5.74) is -0.301. The van der Waals surface area contributed by atoms with E-state index in [2.05, 4.69) is 0 Å². The molecule has 3 fully saturated rings. The SMILES string of the molecule is C/C=C(\C)C(=O)O[C@H]1C[C@@H](OC(C)=O)[C@@]2(C)CO[C@H]3[C@@H](OC(=O)C(C)C)[C@@](C)(C4=C(C)[C@H](c5ccoc5)C[C@@H]4OC(C)=O)[C@H](CC(=O)OC)[C@]1(C)[C@H]32. The molecule has 2 heterocycles. The highest BCUT2D eigenvalue weighted by atomic mass is 16.6. The van der Waals surface area contributed by atoms with Crippen molar-refractivity contribution < 1.29 is 56.8 Å². The third-order valence-corrected chi connectivity index (χ3v) is 12.7. The summed E-state index contributed by atoms with van der Waals surface area (Å²) in [5.74, 6) is -4.55. The van der Waals surface area contributed by atoms with E-state index in [1.807, 2.05) is 33.8 Å². The van der Waals surface area contributed by atoms with Crippen molar-refractivity contribution in [3.05, 3.63) is 47.0 Å². The predicted octanol–water partition coefficient (Wildman–Crippen LogP) is 6.02. The zero-order valence-corrected chi connectivity index (χ0v) is 32.2. The number of carbonyl (C=O) groups is 5. The van der Waals surface area contributed by atoms with E-state index < -0.39 is 94.4 Å². The van der Waals surface area contributed by atoms with Crippen molar-refractivity contribution in [1.82, 2.24) is 0 Å². The predicted molar refractivity (Wildman–Crippen MR) is 186 cm³/mol. The normalized spacial score (nSPS) is 37.0. The lowest BCUT2D eigenvalue weighted by molar-refractivity contribution is -0.261. The number of carbonyl (C=O) groups excluding carboxylic acids is 5. The van der Waals surface area contributed by atoms with Crippen LogP contribution in [0.15, 0.2) is 45.8 Å². The van der Waals surface area contributed by atoms with Gasteiger partial charge in [-0.2, -0.15) is 0 Å². The van der Waals surface area contributed by atoms with E-state index >= 15 is 0 Å². The van der Waals surface area contributed by atoms with Gasteiger partial charge in [-0.15, -0.1) is 0 Å². The van der Waals surface area contributed by atoms with Crippen molar-refractivity contribution in [2.75, 3.05) is 13.7 Å². The van der Waals surface area contributed by atoms with Crippen molar-refractivity contribution >= 4 is 29.8 Å². The molecule has 0 amide bonds. The molecule has 4 aliphatic rings. The first kappa shape index (κ1) is 39.3. The average molecular weight is 727 g/mol. The van der Waals surface area contributed by atoms with Crippen LogP contribution in [0.5, 0.6) is 0 Å². The number of esters is 5. The summed E-state index contributed by atoms with van der Waals surface area (Å²) in [6.07, 6.45) is 1.08. The van der Waals surface area contributed by atoms with Crippen LogP contribution >= 0.6 is 0 Å². The first-order valence-corrected chi connectivity index (χ1v) is 18.2.